The van der Waals surface area contributed by atoms with Gasteiger partial charge in [-0.15, -0.1) is 0 Å². The van der Waals surface area contributed by atoms with Crippen molar-refractivity contribution < 1.29 is 17.7 Å². The standard InChI is InChI=1S/C10H5F3N4O2/c11-10(12,13)6-1-3-15-7(5-6)8-16-19-9(18)17(8)4-2-14/h1,3,5H,4H2. The van der Waals surface area contributed by atoms with Crippen molar-refractivity contribution in [3.8, 4) is 17.6 Å². The van der Waals surface area contributed by atoms with Crippen LogP contribution in [0.4, 0.5) is 13.2 Å². The first-order valence-electron chi connectivity index (χ1n) is 4.90. The van der Waals surface area contributed by atoms with Crippen LogP contribution in [0, 0.1) is 11.3 Å². The maximum atomic E-state index is 12.5. The van der Waals surface area contributed by atoms with Crippen LogP contribution in [0.2, 0.25) is 0 Å². The summed E-state index contributed by atoms with van der Waals surface area (Å²) in [6.07, 6.45) is -3.60. The molecule has 19 heavy (non-hydrogen) atoms. The molecule has 0 fully saturated rings. The molecule has 2 aromatic rings. The molecule has 2 rings (SSSR count). The summed E-state index contributed by atoms with van der Waals surface area (Å²) in [7, 11) is 0. The zero-order valence-corrected chi connectivity index (χ0v) is 9.18. The predicted octanol–water partition coefficient (Wildman–Crippen LogP) is 1.44. The zero-order valence-electron chi connectivity index (χ0n) is 9.18. The Labute approximate surface area is 103 Å². The second-order valence-corrected chi connectivity index (χ2v) is 3.44. The van der Waals surface area contributed by atoms with Gasteiger partial charge in [-0.1, -0.05) is 5.16 Å². The van der Waals surface area contributed by atoms with Crippen LogP contribution >= 0.6 is 0 Å². The first-order valence-corrected chi connectivity index (χ1v) is 4.90. The molecule has 2 aromatic heterocycles. The van der Waals surface area contributed by atoms with Gasteiger partial charge in [0.05, 0.1) is 11.6 Å². The van der Waals surface area contributed by atoms with Crippen molar-refractivity contribution in [3.05, 3.63) is 34.4 Å². The Kier molecular flexibility index (Phi) is 3.08. The van der Waals surface area contributed by atoms with Gasteiger partial charge in [0.15, 0.2) is 0 Å². The summed E-state index contributed by atoms with van der Waals surface area (Å²) in [5, 5.41) is 11.9. The highest BCUT2D eigenvalue weighted by Gasteiger charge is 2.31. The molecule has 2 heterocycles. The van der Waals surface area contributed by atoms with E-state index in [1.165, 1.54) is 0 Å². The minimum Gasteiger partial charge on any atom is -0.295 e. The highest BCUT2D eigenvalue weighted by atomic mass is 19.4. The van der Waals surface area contributed by atoms with Crippen molar-refractivity contribution in [1.29, 1.82) is 5.26 Å². The molecule has 9 heteroatoms. The molecule has 0 radical (unpaired) electrons. The lowest BCUT2D eigenvalue weighted by atomic mass is 10.2. The van der Waals surface area contributed by atoms with Gasteiger partial charge >= 0.3 is 11.9 Å². The molecule has 0 saturated carbocycles. The number of halogens is 3. The maximum Gasteiger partial charge on any atom is 0.442 e. The van der Waals surface area contributed by atoms with E-state index in [1.54, 1.807) is 6.07 Å². The first-order chi connectivity index (χ1) is 8.93. The largest absolute Gasteiger partial charge is 0.442 e. The molecule has 0 aliphatic rings. The number of hydrogen-bond donors (Lipinski definition) is 0. The third kappa shape index (κ3) is 2.47. The second kappa shape index (κ2) is 4.56. The molecule has 0 saturated heterocycles. The molecule has 0 aliphatic heterocycles. The Balaban J connectivity index is 2.55. The highest BCUT2D eigenvalue weighted by Crippen LogP contribution is 2.30. The van der Waals surface area contributed by atoms with Crippen LogP contribution in [0.1, 0.15) is 5.56 Å². The van der Waals surface area contributed by atoms with Gasteiger partial charge in [-0.25, -0.2) is 9.36 Å². The monoisotopic (exact) mass is 270 g/mol. The fourth-order valence-electron chi connectivity index (χ4n) is 1.39. The Morgan fingerprint density at radius 3 is 2.84 bits per heavy atom. The highest BCUT2D eigenvalue weighted by molar-refractivity contribution is 5.50. The number of alkyl halides is 3. The van der Waals surface area contributed by atoms with Gasteiger partial charge in [-0.05, 0) is 12.1 Å². The summed E-state index contributed by atoms with van der Waals surface area (Å²) in [4.78, 5) is 14.9. The number of pyridine rings is 1. The lowest BCUT2D eigenvalue weighted by Gasteiger charge is -2.07. The molecular weight excluding hydrogens is 265 g/mol. The van der Waals surface area contributed by atoms with Crippen molar-refractivity contribution in [3.63, 3.8) is 0 Å². The second-order valence-electron chi connectivity index (χ2n) is 3.44. The van der Waals surface area contributed by atoms with Gasteiger partial charge in [0.2, 0.25) is 5.82 Å². The van der Waals surface area contributed by atoms with E-state index >= 15 is 0 Å². The Hall–Kier alpha value is -2.63. The van der Waals surface area contributed by atoms with Crippen molar-refractivity contribution >= 4 is 0 Å². The fourth-order valence-corrected chi connectivity index (χ4v) is 1.39. The third-order valence-corrected chi connectivity index (χ3v) is 2.23. The van der Waals surface area contributed by atoms with Crippen molar-refractivity contribution in [2.24, 2.45) is 0 Å². The summed E-state index contributed by atoms with van der Waals surface area (Å²) in [6.45, 7) is -0.393. The molecule has 6 nitrogen and oxygen atoms in total. The third-order valence-electron chi connectivity index (χ3n) is 2.23. The Morgan fingerprint density at radius 2 is 2.21 bits per heavy atom. The van der Waals surface area contributed by atoms with E-state index in [0.29, 0.717) is 0 Å². The zero-order chi connectivity index (χ0) is 14.0. The number of aromatic nitrogens is 3. The first kappa shape index (κ1) is 12.8. The minimum atomic E-state index is -4.54. The molecular formula is C10H5F3N4O2. The summed E-state index contributed by atoms with van der Waals surface area (Å²) >= 11 is 0. The molecule has 0 unspecified atom stereocenters. The van der Waals surface area contributed by atoms with Crippen LogP contribution < -0.4 is 5.76 Å². The average Bonchev–Trinajstić information content (AvgIpc) is 2.71. The maximum absolute atomic E-state index is 12.5. The number of hydrogen-bond acceptors (Lipinski definition) is 5. The molecule has 0 N–H and O–H groups in total. The van der Waals surface area contributed by atoms with Crippen molar-refractivity contribution in [1.82, 2.24) is 14.7 Å². The van der Waals surface area contributed by atoms with Gasteiger partial charge in [-0.2, -0.15) is 18.4 Å². The lowest BCUT2D eigenvalue weighted by Crippen LogP contribution is -2.15. The number of nitrogens with zero attached hydrogens (tertiary/aromatic N) is 4. The summed E-state index contributed by atoms with van der Waals surface area (Å²) in [5.74, 6) is -1.16. The average molecular weight is 270 g/mol. The molecule has 0 amide bonds. The molecule has 0 atom stereocenters. The molecule has 0 bridgehead atoms. The summed E-state index contributed by atoms with van der Waals surface area (Å²) in [6, 6.07) is 3.19. The van der Waals surface area contributed by atoms with E-state index in [4.69, 9.17) is 5.26 Å². The van der Waals surface area contributed by atoms with Crippen LogP contribution in [0.5, 0.6) is 0 Å². The van der Waals surface area contributed by atoms with Gasteiger partial charge in [-0.3, -0.25) is 9.51 Å². The van der Waals surface area contributed by atoms with E-state index in [-0.39, 0.29) is 11.5 Å². The normalized spacial score (nSPS) is 11.3. The van der Waals surface area contributed by atoms with E-state index in [1.807, 2.05) is 0 Å². The van der Waals surface area contributed by atoms with Gasteiger partial charge in [0.1, 0.15) is 12.2 Å². The van der Waals surface area contributed by atoms with E-state index in [9.17, 15) is 18.0 Å². The van der Waals surface area contributed by atoms with Crippen molar-refractivity contribution in [2.45, 2.75) is 12.7 Å². The van der Waals surface area contributed by atoms with Crippen LogP contribution in [0.3, 0.4) is 0 Å². The smallest absolute Gasteiger partial charge is 0.295 e. The molecule has 0 spiro atoms. The van der Waals surface area contributed by atoms with Gasteiger partial charge in [0.25, 0.3) is 0 Å². The quantitative estimate of drug-likeness (QED) is 0.824. The number of nitriles is 1. The topological polar surface area (TPSA) is 84.7 Å². The minimum absolute atomic E-state index is 0.198. The number of rotatable bonds is 2. The lowest BCUT2D eigenvalue weighted by molar-refractivity contribution is -0.137. The molecule has 0 aliphatic carbocycles. The van der Waals surface area contributed by atoms with Gasteiger partial charge in [0, 0.05) is 6.20 Å². The van der Waals surface area contributed by atoms with Crippen LogP contribution in [0.15, 0.2) is 27.6 Å². The van der Waals surface area contributed by atoms with E-state index in [0.717, 1.165) is 22.9 Å². The van der Waals surface area contributed by atoms with Crippen LogP contribution in [-0.2, 0) is 12.7 Å². The molecule has 0 aromatic carbocycles. The van der Waals surface area contributed by atoms with Crippen LogP contribution in [-0.4, -0.2) is 14.7 Å². The fraction of sp³-hybridized carbons (Fsp3) is 0.200. The van der Waals surface area contributed by atoms with Gasteiger partial charge < -0.3 is 0 Å². The predicted molar refractivity (Wildman–Crippen MR) is 54.6 cm³/mol. The van der Waals surface area contributed by atoms with E-state index < -0.39 is 24.0 Å². The van der Waals surface area contributed by atoms with Crippen molar-refractivity contribution in [2.75, 3.05) is 0 Å². The summed E-state index contributed by atoms with van der Waals surface area (Å²) in [5.41, 5.74) is -1.13. The summed E-state index contributed by atoms with van der Waals surface area (Å²) < 4.78 is 42.7. The Morgan fingerprint density at radius 1 is 1.47 bits per heavy atom. The Bertz CT molecular complexity index is 696. The van der Waals surface area contributed by atoms with Crippen LogP contribution in [0.25, 0.3) is 11.5 Å². The SMILES string of the molecule is N#CCn1c(-c2cc(C(F)(F)F)ccn2)noc1=O. The molecule has 98 valence electrons. The van der Waals surface area contributed by atoms with E-state index in [2.05, 4.69) is 14.7 Å².